The van der Waals surface area contributed by atoms with Crippen LogP contribution in [0.25, 0.3) is 0 Å². The third kappa shape index (κ3) is 2.46. The number of carboxylic acids is 1. The van der Waals surface area contributed by atoms with E-state index in [9.17, 15) is 4.79 Å². The lowest BCUT2D eigenvalue weighted by molar-refractivity contribution is 0.0696. The molecule has 0 fully saturated rings. The number of aromatic nitrogens is 2. The monoisotopic (exact) mass is 283 g/mol. The van der Waals surface area contributed by atoms with Crippen LogP contribution in [0.3, 0.4) is 0 Å². The standard InChI is InChI=1S/C16H17N3O2/c1-9-13(16(20)21)14(17)19-15(18-9)12-7-6-10-4-2-3-5-11(10)8-12/h2-5,12H,6-8H2,1H3,(H,20,21)(H2,17,18,19). The lowest BCUT2D eigenvalue weighted by Gasteiger charge is -2.24. The van der Waals surface area contributed by atoms with E-state index in [1.165, 1.54) is 11.1 Å². The molecule has 0 radical (unpaired) electrons. The molecule has 0 amide bonds. The van der Waals surface area contributed by atoms with Crippen LogP contribution in [-0.4, -0.2) is 21.0 Å². The van der Waals surface area contributed by atoms with E-state index in [-0.39, 0.29) is 17.3 Å². The zero-order chi connectivity index (χ0) is 15.0. The molecular formula is C16H17N3O2. The minimum atomic E-state index is -1.08. The van der Waals surface area contributed by atoms with E-state index in [0.717, 1.165) is 19.3 Å². The van der Waals surface area contributed by atoms with Crippen LogP contribution in [0.5, 0.6) is 0 Å². The summed E-state index contributed by atoms with van der Waals surface area (Å²) >= 11 is 0. The molecule has 21 heavy (non-hydrogen) atoms. The van der Waals surface area contributed by atoms with E-state index in [4.69, 9.17) is 10.8 Å². The van der Waals surface area contributed by atoms with Crippen LogP contribution >= 0.6 is 0 Å². The molecule has 5 nitrogen and oxygen atoms in total. The van der Waals surface area contributed by atoms with Crippen LogP contribution in [0.4, 0.5) is 5.82 Å². The Morgan fingerprint density at radius 3 is 2.67 bits per heavy atom. The number of nitrogen functional groups attached to an aromatic ring is 1. The number of nitrogens with zero attached hydrogens (tertiary/aromatic N) is 2. The maximum Gasteiger partial charge on any atom is 0.341 e. The molecular weight excluding hydrogens is 266 g/mol. The lowest BCUT2D eigenvalue weighted by atomic mass is 9.83. The SMILES string of the molecule is Cc1nc(C2CCc3ccccc3C2)nc(N)c1C(=O)O. The summed E-state index contributed by atoms with van der Waals surface area (Å²) in [6.45, 7) is 1.67. The number of hydrogen-bond acceptors (Lipinski definition) is 4. The van der Waals surface area contributed by atoms with Crippen molar-refractivity contribution in [3.63, 3.8) is 0 Å². The highest BCUT2D eigenvalue weighted by molar-refractivity contribution is 5.93. The van der Waals surface area contributed by atoms with Crippen LogP contribution in [-0.2, 0) is 12.8 Å². The van der Waals surface area contributed by atoms with Gasteiger partial charge in [0.15, 0.2) is 0 Å². The molecule has 1 aromatic heterocycles. The maximum atomic E-state index is 11.1. The second-order valence-corrected chi connectivity index (χ2v) is 5.44. The number of aromatic carboxylic acids is 1. The highest BCUT2D eigenvalue weighted by Crippen LogP contribution is 2.31. The molecule has 5 heteroatoms. The van der Waals surface area contributed by atoms with Gasteiger partial charge >= 0.3 is 5.97 Å². The fourth-order valence-electron chi connectivity index (χ4n) is 2.98. The molecule has 1 aliphatic rings. The van der Waals surface area contributed by atoms with E-state index >= 15 is 0 Å². The van der Waals surface area contributed by atoms with Crippen molar-refractivity contribution in [2.75, 3.05) is 5.73 Å². The van der Waals surface area contributed by atoms with Gasteiger partial charge in [-0.15, -0.1) is 0 Å². The first-order chi connectivity index (χ1) is 10.1. The van der Waals surface area contributed by atoms with Crippen LogP contribution in [0.1, 0.15) is 45.3 Å². The highest BCUT2D eigenvalue weighted by Gasteiger charge is 2.24. The number of carboxylic acid groups (broad SMARTS) is 1. The Bertz CT molecular complexity index is 689. The largest absolute Gasteiger partial charge is 0.477 e. The van der Waals surface area contributed by atoms with Crippen LogP contribution in [0.15, 0.2) is 24.3 Å². The second-order valence-electron chi connectivity index (χ2n) is 5.44. The predicted molar refractivity (Wildman–Crippen MR) is 79.3 cm³/mol. The summed E-state index contributed by atoms with van der Waals surface area (Å²) in [5.74, 6) is -0.164. The summed E-state index contributed by atoms with van der Waals surface area (Å²) in [5, 5.41) is 9.12. The molecule has 3 rings (SSSR count). The van der Waals surface area contributed by atoms with E-state index in [1.807, 2.05) is 6.07 Å². The highest BCUT2D eigenvalue weighted by atomic mass is 16.4. The first kappa shape index (κ1) is 13.5. The zero-order valence-corrected chi connectivity index (χ0v) is 11.8. The van der Waals surface area contributed by atoms with Gasteiger partial charge in [-0.25, -0.2) is 14.8 Å². The third-order valence-corrected chi connectivity index (χ3v) is 4.06. The Balaban J connectivity index is 1.94. The Morgan fingerprint density at radius 2 is 2.00 bits per heavy atom. The fraction of sp³-hybridized carbons (Fsp3) is 0.312. The van der Waals surface area contributed by atoms with E-state index in [0.29, 0.717) is 11.5 Å². The minimum absolute atomic E-state index is 0.00922. The Kier molecular flexibility index (Phi) is 3.33. The number of aryl methyl sites for hydroxylation is 2. The summed E-state index contributed by atoms with van der Waals surface area (Å²) < 4.78 is 0. The molecule has 0 aliphatic heterocycles. The predicted octanol–water partition coefficient (Wildman–Crippen LogP) is 2.34. The van der Waals surface area contributed by atoms with Crippen molar-refractivity contribution < 1.29 is 9.90 Å². The van der Waals surface area contributed by atoms with Gasteiger partial charge in [-0.1, -0.05) is 24.3 Å². The molecule has 0 spiro atoms. The van der Waals surface area contributed by atoms with Gasteiger partial charge < -0.3 is 10.8 Å². The average Bonchev–Trinajstić information content (AvgIpc) is 2.45. The van der Waals surface area contributed by atoms with Crippen LogP contribution in [0, 0.1) is 6.92 Å². The van der Waals surface area contributed by atoms with Crippen molar-refractivity contribution in [3.05, 3.63) is 52.5 Å². The second kappa shape index (κ2) is 5.16. The first-order valence-electron chi connectivity index (χ1n) is 7.00. The summed E-state index contributed by atoms with van der Waals surface area (Å²) in [6.07, 6.45) is 2.83. The zero-order valence-electron chi connectivity index (χ0n) is 11.8. The molecule has 0 bridgehead atoms. The Labute approximate surface area is 122 Å². The van der Waals surface area contributed by atoms with Crippen molar-refractivity contribution in [2.24, 2.45) is 0 Å². The molecule has 1 aliphatic carbocycles. The third-order valence-electron chi connectivity index (χ3n) is 4.06. The summed E-state index contributed by atoms with van der Waals surface area (Å²) in [5.41, 5.74) is 8.93. The molecule has 1 unspecified atom stereocenters. The lowest BCUT2D eigenvalue weighted by Crippen LogP contribution is -2.18. The molecule has 1 heterocycles. The minimum Gasteiger partial charge on any atom is -0.477 e. The van der Waals surface area contributed by atoms with Crippen molar-refractivity contribution >= 4 is 11.8 Å². The van der Waals surface area contributed by atoms with Gasteiger partial charge in [-0.3, -0.25) is 0 Å². The van der Waals surface area contributed by atoms with Gasteiger partial charge in [-0.05, 0) is 37.3 Å². The van der Waals surface area contributed by atoms with Gasteiger partial charge in [-0.2, -0.15) is 0 Å². The number of anilines is 1. The molecule has 1 atom stereocenters. The van der Waals surface area contributed by atoms with Gasteiger partial charge in [0, 0.05) is 5.92 Å². The fourth-order valence-corrected chi connectivity index (χ4v) is 2.98. The van der Waals surface area contributed by atoms with E-state index < -0.39 is 5.97 Å². The average molecular weight is 283 g/mol. The molecule has 0 saturated heterocycles. The van der Waals surface area contributed by atoms with Crippen molar-refractivity contribution in [1.82, 2.24) is 9.97 Å². The number of carbonyl (C=O) groups is 1. The van der Waals surface area contributed by atoms with E-state index in [1.54, 1.807) is 6.92 Å². The molecule has 2 aromatic rings. The van der Waals surface area contributed by atoms with Crippen molar-refractivity contribution in [2.45, 2.75) is 32.1 Å². The number of rotatable bonds is 2. The molecule has 3 N–H and O–H groups in total. The van der Waals surface area contributed by atoms with Gasteiger partial charge in [0.25, 0.3) is 0 Å². The topological polar surface area (TPSA) is 89.1 Å². The van der Waals surface area contributed by atoms with Crippen molar-refractivity contribution in [3.8, 4) is 0 Å². The summed E-state index contributed by atoms with van der Waals surface area (Å²) in [6, 6.07) is 8.37. The number of benzene rings is 1. The maximum absolute atomic E-state index is 11.1. The van der Waals surface area contributed by atoms with Crippen LogP contribution in [0.2, 0.25) is 0 Å². The smallest absolute Gasteiger partial charge is 0.341 e. The van der Waals surface area contributed by atoms with Gasteiger partial charge in [0.05, 0.1) is 5.69 Å². The number of hydrogen-bond donors (Lipinski definition) is 2. The van der Waals surface area contributed by atoms with Gasteiger partial charge in [0.2, 0.25) is 0 Å². The molecule has 1 aromatic carbocycles. The first-order valence-corrected chi connectivity index (χ1v) is 7.00. The molecule has 108 valence electrons. The van der Waals surface area contributed by atoms with Gasteiger partial charge in [0.1, 0.15) is 17.2 Å². The number of fused-ring (bicyclic) bond motifs is 1. The Hall–Kier alpha value is -2.43. The molecule has 0 saturated carbocycles. The Morgan fingerprint density at radius 1 is 1.29 bits per heavy atom. The number of nitrogens with two attached hydrogens (primary N) is 1. The van der Waals surface area contributed by atoms with Crippen molar-refractivity contribution in [1.29, 1.82) is 0 Å². The normalized spacial score (nSPS) is 17.3. The van der Waals surface area contributed by atoms with Crippen LogP contribution < -0.4 is 5.73 Å². The van der Waals surface area contributed by atoms with E-state index in [2.05, 4.69) is 28.2 Å². The quantitative estimate of drug-likeness (QED) is 0.883. The summed E-state index contributed by atoms with van der Waals surface area (Å²) in [4.78, 5) is 19.8. The summed E-state index contributed by atoms with van der Waals surface area (Å²) in [7, 11) is 0.